The van der Waals surface area contributed by atoms with Crippen molar-refractivity contribution >= 4 is 16.9 Å². The first-order chi connectivity index (χ1) is 8.47. The minimum absolute atomic E-state index is 0.0941. The van der Waals surface area contributed by atoms with Crippen LogP contribution in [0.25, 0.3) is 11.0 Å². The van der Waals surface area contributed by atoms with Gasteiger partial charge in [-0.1, -0.05) is 19.9 Å². The van der Waals surface area contributed by atoms with E-state index in [1.54, 1.807) is 0 Å². The second kappa shape index (κ2) is 4.78. The van der Waals surface area contributed by atoms with Gasteiger partial charge in [-0.05, 0) is 23.6 Å². The molecule has 0 aliphatic carbocycles. The molecule has 1 unspecified atom stereocenters. The van der Waals surface area contributed by atoms with Crippen molar-refractivity contribution in [3.8, 4) is 0 Å². The van der Waals surface area contributed by atoms with E-state index < -0.39 is 11.9 Å². The summed E-state index contributed by atoms with van der Waals surface area (Å²) in [5, 5.41) is 0. The van der Waals surface area contributed by atoms with Crippen LogP contribution in [0, 0.1) is 0 Å². The van der Waals surface area contributed by atoms with E-state index >= 15 is 0 Å². The Kier molecular flexibility index (Phi) is 3.34. The average Bonchev–Trinajstić information content (AvgIpc) is 2.70. The number of primary amides is 1. The van der Waals surface area contributed by atoms with Gasteiger partial charge in [0.2, 0.25) is 5.91 Å². The zero-order chi connectivity index (χ0) is 13.3. The van der Waals surface area contributed by atoms with Crippen molar-refractivity contribution in [1.29, 1.82) is 0 Å². The van der Waals surface area contributed by atoms with E-state index in [2.05, 4.69) is 35.9 Å². The number of nitrogens with one attached hydrogen (secondary N) is 1. The van der Waals surface area contributed by atoms with Crippen LogP contribution in [0.3, 0.4) is 0 Å². The highest BCUT2D eigenvalue weighted by Gasteiger charge is 2.14. The fourth-order valence-electron chi connectivity index (χ4n) is 1.90. The first-order valence-corrected chi connectivity index (χ1v) is 6.01. The normalized spacial score (nSPS) is 13.1. The van der Waals surface area contributed by atoms with Crippen LogP contribution in [-0.4, -0.2) is 15.9 Å². The molecule has 1 heterocycles. The third kappa shape index (κ3) is 2.51. The van der Waals surface area contributed by atoms with Crippen LogP contribution in [-0.2, 0) is 4.79 Å². The van der Waals surface area contributed by atoms with Gasteiger partial charge in [-0.3, -0.25) is 4.79 Å². The first kappa shape index (κ1) is 12.6. The number of imidazole rings is 1. The highest BCUT2D eigenvalue weighted by molar-refractivity contribution is 5.77. The molecule has 5 heteroatoms. The topological polar surface area (TPSA) is 97.8 Å². The number of aromatic amines is 1. The van der Waals surface area contributed by atoms with Crippen molar-refractivity contribution in [3.05, 3.63) is 29.6 Å². The lowest BCUT2D eigenvalue weighted by Gasteiger charge is -2.04. The van der Waals surface area contributed by atoms with Gasteiger partial charge in [0, 0.05) is 6.42 Å². The van der Waals surface area contributed by atoms with E-state index in [0.29, 0.717) is 11.7 Å². The maximum absolute atomic E-state index is 10.8. The van der Waals surface area contributed by atoms with Crippen molar-refractivity contribution in [1.82, 2.24) is 9.97 Å². The number of H-pyrrole nitrogens is 1. The van der Waals surface area contributed by atoms with Crippen molar-refractivity contribution in [2.24, 2.45) is 11.5 Å². The SMILES string of the molecule is CC(C)c1ccc2nc(C(N)CC(N)=O)[nH]c2c1. The predicted octanol–water partition coefficient (Wildman–Crippen LogP) is 1.56. The summed E-state index contributed by atoms with van der Waals surface area (Å²) in [5.41, 5.74) is 14.0. The fraction of sp³-hybridized carbons (Fsp3) is 0.385. The third-order valence-electron chi connectivity index (χ3n) is 2.96. The maximum Gasteiger partial charge on any atom is 0.219 e. The van der Waals surface area contributed by atoms with E-state index in [-0.39, 0.29) is 6.42 Å². The molecule has 1 amide bonds. The van der Waals surface area contributed by atoms with Gasteiger partial charge in [-0.2, -0.15) is 0 Å². The molecular weight excluding hydrogens is 228 g/mol. The Morgan fingerprint density at radius 2 is 2.17 bits per heavy atom. The number of nitrogens with zero attached hydrogens (tertiary/aromatic N) is 1. The average molecular weight is 246 g/mol. The second-order valence-electron chi connectivity index (χ2n) is 4.83. The van der Waals surface area contributed by atoms with Crippen LogP contribution in [0.15, 0.2) is 18.2 Å². The molecule has 0 fully saturated rings. The molecule has 1 aromatic carbocycles. The van der Waals surface area contributed by atoms with Crippen LogP contribution < -0.4 is 11.5 Å². The van der Waals surface area contributed by atoms with Gasteiger partial charge in [-0.25, -0.2) is 4.98 Å². The number of nitrogens with two attached hydrogens (primary N) is 2. The molecule has 0 saturated carbocycles. The zero-order valence-electron chi connectivity index (χ0n) is 10.6. The lowest BCUT2D eigenvalue weighted by atomic mass is 10.0. The van der Waals surface area contributed by atoms with Crippen LogP contribution in [0.2, 0.25) is 0 Å². The van der Waals surface area contributed by atoms with E-state index in [4.69, 9.17) is 11.5 Å². The van der Waals surface area contributed by atoms with E-state index in [9.17, 15) is 4.79 Å². The monoisotopic (exact) mass is 246 g/mol. The predicted molar refractivity (Wildman–Crippen MR) is 70.9 cm³/mol. The second-order valence-corrected chi connectivity index (χ2v) is 4.83. The van der Waals surface area contributed by atoms with Gasteiger partial charge in [0.05, 0.1) is 17.1 Å². The molecule has 5 nitrogen and oxygen atoms in total. The summed E-state index contributed by atoms with van der Waals surface area (Å²) in [6, 6.07) is 5.60. The van der Waals surface area contributed by atoms with E-state index in [0.717, 1.165) is 11.0 Å². The highest BCUT2D eigenvalue weighted by atomic mass is 16.1. The van der Waals surface area contributed by atoms with Gasteiger partial charge >= 0.3 is 0 Å². The Bertz CT molecular complexity index is 573. The van der Waals surface area contributed by atoms with Crippen molar-refractivity contribution in [2.45, 2.75) is 32.2 Å². The molecule has 1 atom stereocenters. The molecule has 18 heavy (non-hydrogen) atoms. The minimum Gasteiger partial charge on any atom is -0.370 e. The molecule has 0 aliphatic rings. The van der Waals surface area contributed by atoms with Gasteiger partial charge < -0.3 is 16.5 Å². The largest absolute Gasteiger partial charge is 0.370 e. The van der Waals surface area contributed by atoms with Crippen LogP contribution in [0.5, 0.6) is 0 Å². The van der Waals surface area contributed by atoms with Crippen LogP contribution >= 0.6 is 0 Å². The Balaban J connectivity index is 2.35. The number of hydrogen-bond donors (Lipinski definition) is 3. The Hall–Kier alpha value is -1.88. The van der Waals surface area contributed by atoms with E-state index in [1.165, 1.54) is 5.56 Å². The summed E-state index contributed by atoms with van der Waals surface area (Å²) in [7, 11) is 0. The standard InChI is InChI=1S/C13H18N4O/c1-7(2)8-3-4-10-11(5-8)17-13(16-10)9(14)6-12(15)18/h3-5,7,9H,6,14H2,1-2H3,(H2,15,18)(H,16,17). The highest BCUT2D eigenvalue weighted by Crippen LogP contribution is 2.21. The first-order valence-electron chi connectivity index (χ1n) is 6.01. The fourth-order valence-corrected chi connectivity index (χ4v) is 1.90. The lowest BCUT2D eigenvalue weighted by Crippen LogP contribution is -2.21. The van der Waals surface area contributed by atoms with Crippen molar-refractivity contribution in [3.63, 3.8) is 0 Å². The zero-order valence-corrected chi connectivity index (χ0v) is 10.6. The molecule has 2 rings (SSSR count). The minimum atomic E-state index is -0.475. The number of benzene rings is 1. The molecule has 1 aromatic heterocycles. The quantitative estimate of drug-likeness (QED) is 0.763. The van der Waals surface area contributed by atoms with Gasteiger partial charge in [0.15, 0.2) is 0 Å². The van der Waals surface area contributed by atoms with Gasteiger partial charge in [-0.15, -0.1) is 0 Å². The molecule has 0 radical (unpaired) electrons. The number of carbonyl (C=O) groups excluding carboxylic acids is 1. The third-order valence-corrected chi connectivity index (χ3v) is 2.96. The number of carbonyl (C=O) groups is 1. The van der Waals surface area contributed by atoms with E-state index in [1.807, 2.05) is 6.07 Å². The summed E-state index contributed by atoms with van der Waals surface area (Å²) in [6.45, 7) is 4.27. The Labute approximate surface area is 106 Å². The molecule has 0 aliphatic heterocycles. The molecule has 0 spiro atoms. The lowest BCUT2D eigenvalue weighted by molar-refractivity contribution is -0.118. The maximum atomic E-state index is 10.8. The van der Waals surface area contributed by atoms with Gasteiger partial charge in [0.1, 0.15) is 5.82 Å². The summed E-state index contributed by atoms with van der Waals surface area (Å²) >= 11 is 0. The van der Waals surface area contributed by atoms with Crippen LogP contribution in [0.1, 0.15) is 43.6 Å². The number of amides is 1. The number of aromatic nitrogens is 2. The molecule has 2 aromatic rings. The molecule has 0 bridgehead atoms. The summed E-state index contributed by atoms with van der Waals surface area (Å²) < 4.78 is 0. The summed E-state index contributed by atoms with van der Waals surface area (Å²) in [4.78, 5) is 18.4. The van der Waals surface area contributed by atoms with Crippen molar-refractivity contribution in [2.75, 3.05) is 0 Å². The smallest absolute Gasteiger partial charge is 0.219 e. The number of fused-ring (bicyclic) bond motifs is 1. The number of rotatable bonds is 4. The molecular formula is C13H18N4O. The molecule has 96 valence electrons. The summed E-state index contributed by atoms with van der Waals surface area (Å²) in [6.07, 6.45) is 0.0941. The Morgan fingerprint density at radius 3 is 2.78 bits per heavy atom. The molecule has 0 saturated heterocycles. The van der Waals surface area contributed by atoms with Gasteiger partial charge in [0.25, 0.3) is 0 Å². The Morgan fingerprint density at radius 1 is 1.44 bits per heavy atom. The van der Waals surface area contributed by atoms with Crippen molar-refractivity contribution < 1.29 is 4.79 Å². The molecule has 5 N–H and O–H groups in total. The summed E-state index contributed by atoms with van der Waals surface area (Å²) in [5.74, 6) is 0.635. The van der Waals surface area contributed by atoms with Crippen LogP contribution in [0.4, 0.5) is 0 Å². The number of hydrogen-bond acceptors (Lipinski definition) is 3.